The lowest BCUT2D eigenvalue weighted by Crippen LogP contribution is -2.21. The molecule has 20 heavy (non-hydrogen) atoms. The van der Waals surface area contributed by atoms with E-state index in [1.807, 2.05) is 6.92 Å². The molecule has 0 radical (unpaired) electrons. The lowest BCUT2D eigenvalue weighted by molar-refractivity contribution is 0.202. The Morgan fingerprint density at radius 2 is 2.30 bits per heavy atom. The van der Waals surface area contributed by atoms with E-state index in [2.05, 4.69) is 20.5 Å². The Bertz CT molecular complexity index is 735. The molecule has 0 aliphatic carbocycles. The van der Waals surface area contributed by atoms with Crippen molar-refractivity contribution in [2.75, 3.05) is 5.32 Å². The van der Waals surface area contributed by atoms with Gasteiger partial charge in [-0.05, 0) is 19.1 Å². The predicted octanol–water partition coefficient (Wildman–Crippen LogP) is 1.48. The maximum atomic E-state index is 13.1. The van der Waals surface area contributed by atoms with E-state index in [1.54, 1.807) is 22.7 Å². The fourth-order valence-corrected chi connectivity index (χ4v) is 2.03. The van der Waals surface area contributed by atoms with Gasteiger partial charge in [-0.15, -0.1) is 0 Å². The number of anilines is 1. The molecule has 1 atom stereocenters. The van der Waals surface area contributed by atoms with Crippen molar-refractivity contribution in [3.63, 3.8) is 0 Å². The summed E-state index contributed by atoms with van der Waals surface area (Å²) in [4.78, 5) is 4.31. The molecule has 3 N–H and O–H groups in total. The number of aliphatic hydroxyl groups is 1. The number of rotatable bonds is 4. The van der Waals surface area contributed by atoms with Crippen LogP contribution < -0.4 is 5.32 Å². The minimum absolute atomic E-state index is 0.301. The molecule has 0 saturated carbocycles. The number of aromatic nitrogens is 4. The number of hydrogen-bond donors (Lipinski definition) is 3. The Morgan fingerprint density at radius 3 is 3.05 bits per heavy atom. The number of nitrogens with one attached hydrogen (secondary N) is 2. The maximum absolute atomic E-state index is 13.1. The maximum Gasteiger partial charge on any atom is 0.149 e. The topological polar surface area (TPSA) is 78.2 Å². The van der Waals surface area contributed by atoms with Crippen molar-refractivity contribution < 1.29 is 9.50 Å². The number of hydrogen-bond acceptors (Lipinski definition) is 4. The number of H-pyrrole nitrogens is 1. The molecule has 0 saturated heterocycles. The SMILES string of the molecule is Cc1cc(NC(O)Cc2cn3cc(F)ccc3n2)n[nH]1. The number of imidazole rings is 1. The summed E-state index contributed by atoms with van der Waals surface area (Å²) in [5.41, 5.74) is 2.22. The quantitative estimate of drug-likeness (QED) is 0.630. The lowest BCUT2D eigenvalue weighted by Gasteiger charge is -2.09. The van der Waals surface area contributed by atoms with Gasteiger partial charge in [-0.3, -0.25) is 5.10 Å². The molecule has 6 nitrogen and oxygen atoms in total. The van der Waals surface area contributed by atoms with Crippen molar-refractivity contribution in [3.05, 3.63) is 47.8 Å². The normalized spacial score (nSPS) is 12.8. The average Bonchev–Trinajstić information content (AvgIpc) is 2.94. The summed E-state index contributed by atoms with van der Waals surface area (Å²) in [6.45, 7) is 1.88. The first-order valence-electron chi connectivity index (χ1n) is 6.20. The van der Waals surface area contributed by atoms with E-state index in [-0.39, 0.29) is 5.82 Å². The summed E-state index contributed by atoms with van der Waals surface area (Å²) in [6.07, 6.45) is 2.53. The molecule has 3 rings (SSSR count). The van der Waals surface area contributed by atoms with Gasteiger partial charge in [-0.1, -0.05) is 0 Å². The smallest absolute Gasteiger partial charge is 0.149 e. The fraction of sp³-hybridized carbons (Fsp3) is 0.231. The number of nitrogens with zero attached hydrogens (tertiary/aromatic N) is 3. The van der Waals surface area contributed by atoms with Crippen LogP contribution in [0.15, 0.2) is 30.6 Å². The molecule has 0 aliphatic rings. The highest BCUT2D eigenvalue weighted by atomic mass is 19.1. The van der Waals surface area contributed by atoms with E-state index in [0.29, 0.717) is 23.6 Å². The zero-order valence-corrected chi connectivity index (χ0v) is 10.8. The summed E-state index contributed by atoms with van der Waals surface area (Å²) < 4.78 is 14.7. The van der Waals surface area contributed by atoms with Crippen molar-refractivity contribution in [1.29, 1.82) is 0 Å². The second-order valence-corrected chi connectivity index (χ2v) is 4.65. The minimum atomic E-state index is -0.813. The van der Waals surface area contributed by atoms with Crippen LogP contribution in [0.1, 0.15) is 11.4 Å². The molecule has 0 aromatic carbocycles. The highest BCUT2D eigenvalue weighted by molar-refractivity contribution is 5.40. The number of aryl methyl sites for hydroxylation is 1. The molecule has 0 aliphatic heterocycles. The standard InChI is InChI=1S/C13H14FN5O/c1-8-4-11(18-17-8)16-13(20)5-10-7-19-6-9(14)2-3-12(19)15-10/h2-4,6-7,13,20H,5H2,1H3,(H2,16,17,18). The molecular weight excluding hydrogens is 261 g/mol. The summed E-state index contributed by atoms with van der Waals surface area (Å²) in [6, 6.07) is 4.74. The lowest BCUT2D eigenvalue weighted by atomic mass is 10.3. The van der Waals surface area contributed by atoms with Gasteiger partial charge >= 0.3 is 0 Å². The van der Waals surface area contributed by atoms with E-state index in [9.17, 15) is 9.50 Å². The molecule has 3 aromatic heterocycles. The van der Waals surface area contributed by atoms with Crippen molar-refractivity contribution in [2.45, 2.75) is 19.6 Å². The Labute approximate surface area is 114 Å². The molecule has 1 unspecified atom stereocenters. The van der Waals surface area contributed by atoms with Crippen LogP contribution in [-0.4, -0.2) is 30.9 Å². The van der Waals surface area contributed by atoms with E-state index in [0.717, 1.165) is 5.69 Å². The van der Waals surface area contributed by atoms with Gasteiger partial charge in [0.15, 0.2) is 0 Å². The molecule has 3 aromatic rings. The summed E-state index contributed by atoms with van der Waals surface area (Å²) in [5.74, 6) is 0.247. The van der Waals surface area contributed by atoms with Crippen molar-refractivity contribution in [3.8, 4) is 0 Å². The van der Waals surface area contributed by atoms with E-state index >= 15 is 0 Å². The van der Waals surface area contributed by atoms with Gasteiger partial charge in [0.25, 0.3) is 0 Å². The third-order valence-electron chi connectivity index (χ3n) is 2.89. The van der Waals surface area contributed by atoms with Gasteiger partial charge in [-0.2, -0.15) is 5.10 Å². The Kier molecular flexibility index (Phi) is 3.11. The van der Waals surface area contributed by atoms with E-state index in [4.69, 9.17) is 0 Å². The molecule has 0 bridgehead atoms. The first-order chi connectivity index (χ1) is 9.60. The summed E-state index contributed by atoms with van der Waals surface area (Å²) in [7, 11) is 0. The zero-order valence-electron chi connectivity index (χ0n) is 10.8. The first-order valence-corrected chi connectivity index (χ1v) is 6.20. The average molecular weight is 275 g/mol. The van der Waals surface area contributed by atoms with Crippen LogP contribution in [0.25, 0.3) is 5.65 Å². The highest BCUT2D eigenvalue weighted by Crippen LogP contribution is 2.11. The second kappa shape index (κ2) is 4.93. The minimum Gasteiger partial charge on any atom is -0.373 e. The molecule has 0 fully saturated rings. The van der Waals surface area contributed by atoms with Crippen LogP contribution in [0, 0.1) is 12.7 Å². The monoisotopic (exact) mass is 275 g/mol. The van der Waals surface area contributed by atoms with Crippen LogP contribution in [0.5, 0.6) is 0 Å². The second-order valence-electron chi connectivity index (χ2n) is 4.65. The Hall–Kier alpha value is -2.41. The van der Waals surface area contributed by atoms with Crippen LogP contribution in [0.4, 0.5) is 10.2 Å². The van der Waals surface area contributed by atoms with Crippen LogP contribution in [0.3, 0.4) is 0 Å². The molecule has 0 spiro atoms. The van der Waals surface area contributed by atoms with Gasteiger partial charge in [0.05, 0.1) is 5.69 Å². The molecule has 0 amide bonds. The number of pyridine rings is 1. The molecular formula is C13H14FN5O. The largest absolute Gasteiger partial charge is 0.373 e. The van der Waals surface area contributed by atoms with E-state index in [1.165, 1.54) is 12.3 Å². The van der Waals surface area contributed by atoms with Crippen molar-refractivity contribution >= 4 is 11.5 Å². The molecule has 7 heteroatoms. The van der Waals surface area contributed by atoms with E-state index < -0.39 is 6.23 Å². The Balaban J connectivity index is 1.72. The fourth-order valence-electron chi connectivity index (χ4n) is 2.03. The summed E-state index contributed by atoms with van der Waals surface area (Å²) in [5, 5.41) is 19.6. The number of halogens is 1. The third-order valence-corrected chi connectivity index (χ3v) is 2.89. The van der Waals surface area contributed by atoms with Crippen LogP contribution in [0.2, 0.25) is 0 Å². The third kappa shape index (κ3) is 2.62. The molecule has 104 valence electrons. The zero-order chi connectivity index (χ0) is 14.1. The van der Waals surface area contributed by atoms with Crippen LogP contribution >= 0.6 is 0 Å². The molecule has 3 heterocycles. The number of fused-ring (bicyclic) bond motifs is 1. The van der Waals surface area contributed by atoms with Crippen LogP contribution in [-0.2, 0) is 6.42 Å². The van der Waals surface area contributed by atoms with Gasteiger partial charge in [0.2, 0.25) is 0 Å². The van der Waals surface area contributed by atoms with Crippen molar-refractivity contribution in [1.82, 2.24) is 19.6 Å². The highest BCUT2D eigenvalue weighted by Gasteiger charge is 2.10. The van der Waals surface area contributed by atoms with Gasteiger partial charge in [0, 0.05) is 30.6 Å². The Morgan fingerprint density at radius 1 is 1.45 bits per heavy atom. The number of aromatic amines is 1. The van der Waals surface area contributed by atoms with Gasteiger partial charge < -0.3 is 14.8 Å². The van der Waals surface area contributed by atoms with Crippen molar-refractivity contribution in [2.24, 2.45) is 0 Å². The number of aliphatic hydroxyl groups excluding tert-OH is 1. The van der Waals surface area contributed by atoms with Gasteiger partial charge in [-0.25, -0.2) is 9.37 Å². The van der Waals surface area contributed by atoms with Gasteiger partial charge in [0.1, 0.15) is 23.5 Å². The first kappa shape index (κ1) is 12.6. The summed E-state index contributed by atoms with van der Waals surface area (Å²) >= 11 is 0. The predicted molar refractivity (Wildman–Crippen MR) is 71.8 cm³/mol.